The minimum absolute atomic E-state index is 0.0168. The molecule has 0 saturated heterocycles. The van der Waals surface area contributed by atoms with Crippen molar-refractivity contribution in [3.63, 3.8) is 0 Å². The second-order valence-electron chi connectivity index (χ2n) is 6.01. The van der Waals surface area contributed by atoms with Crippen LogP contribution in [-0.4, -0.2) is 43.5 Å². The summed E-state index contributed by atoms with van der Waals surface area (Å²) in [5.74, 6) is 0.774. The molecule has 0 fully saturated rings. The molecule has 0 aliphatic heterocycles. The summed E-state index contributed by atoms with van der Waals surface area (Å²) in [6, 6.07) is -0.213. The average molecular weight is 257 g/mol. The third-order valence-electron chi connectivity index (χ3n) is 3.25. The van der Waals surface area contributed by atoms with E-state index >= 15 is 0 Å². The molecule has 0 aliphatic carbocycles. The van der Waals surface area contributed by atoms with E-state index in [0.29, 0.717) is 5.92 Å². The number of hydrogen-bond acceptors (Lipinski definition) is 3. The van der Waals surface area contributed by atoms with Gasteiger partial charge in [0.2, 0.25) is 5.91 Å². The zero-order chi connectivity index (χ0) is 14.3. The third kappa shape index (κ3) is 6.97. The molecule has 0 saturated carbocycles. The van der Waals surface area contributed by atoms with E-state index in [1.165, 1.54) is 0 Å². The van der Waals surface area contributed by atoms with Crippen molar-refractivity contribution < 1.29 is 4.79 Å². The van der Waals surface area contributed by atoms with Gasteiger partial charge in [-0.2, -0.15) is 0 Å². The minimum atomic E-state index is -0.396. The van der Waals surface area contributed by atoms with Gasteiger partial charge in [-0.1, -0.05) is 34.1 Å². The number of nitrogens with zero attached hydrogens (tertiary/aromatic N) is 1. The highest BCUT2D eigenvalue weighted by atomic mass is 16.2. The summed E-state index contributed by atoms with van der Waals surface area (Å²) < 4.78 is 0. The van der Waals surface area contributed by atoms with E-state index in [2.05, 4.69) is 31.0 Å². The molecule has 3 N–H and O–H groups in total. The van der Waals surface area contributed by atoms with Gasteiger partial charge in [0.25, 0.3) is 0 Å². The first-order chi connectivity index (χ1) is 8.27. The Bertz CT molecular complexity index is 231. The monoisotopic (exact) mass is 257 g/mol. The van der Waals surface area contributed by atoms with E-state index in [1.807, 2.05) is 21.0 Å². The first-order valence-corrected chi connectivity index (χ1v) is 6.98. The zero-order valence-corrected chi connectivity index (χ0v) is 12.9. The molecule has 1 unspecified atom stereocenters. The fraction of sp³-hybridized carbons (Fsp3) is 0.929. The predicted molar refractivity (Wildman–Crippen MR) is 77.4 cm³/mol. The predicted octanol–water partition coefficient (Wildman–Crippen LogP) is 1.45. The lowest BCUT2D eigenvalue weighted by Crippen LogP contribution is -2.51. The van der Waals surface area contributed by atoms with E-state index in [9.17, 15) is 4.79 Å². The molecule has 0 spiro atoms. The number of hydrogen-bond donors (Lipinski definition) is 2. The second-order valence-corrected chi connectivity index (χ2v) is 6.01. The second kappa shape index (κ2) is 8.48. The van der Waals surface area contributed by atoms with Gasteiger partial charge in [0.1, 0.15) is 0 Å². The summed E-state index contributed by atoms with van der Waals surface area (Å²) in [4.78, 5) is 14.2. The largest absolute Gasteiger partial charge is 0.351 e. The number of nitrogens with two attached hydrogens (primary N) is 1. The Morgan fingerprint density at radius 3 is 2.22 bits per heavy atom. The lowest BCUT2D eigenvalue weighted by Gasteiger charge is -2.26. The molecule has 108 valence electrons. The van der Waals surface area contributed by atoms with Crippen LogP contribution in [0.1, 0.15) is 40.5 Å². The molecule has 0 aromatic carbocycles. The fourth-order valence-corrected chi connectivity index (χ4v) is 2.00. The standard InChI is InChI=1S/C14H31N3O/c1-7-11(4)13(15)14(18)16-12(8-10(2)3)9-17(5)6/h10-13H,7-9,15H2,1-6H3,(H,16,18)/t11-,12?,13-/m0/s1. The Labute approximate surface area is 112 Å². The van der Waals surface area contributed by atoms with Crippen molar-refractivity contribution in [2.75, 3.05) is 20.6 Å². The van der Waals surface area contributed by atoms with Gasteiger partial charge < -0.3 is 16.0 Å². The van der Waals surface area contributed by atoms with Crippen LogP contribution in [0, 0.1) is 11.8 Å². The number of nitrogens with one attached hydrogen (secondary N) is 1. The van der Waals surface area contributed by atoms with Crippen LogP contribution >= 0.6 is 0 Å². The van der Waals surface area contributed by atoms with Crippen molar-refractivity contribution in [1.29, 1.82) is 0 Å². The topological polar surface area (TPSA) is 58.4 Å². The van der Waals surface area contributed by atoms with Gasteiger partial charge in [-0.15, -0.1) is 0 Å². The Kier molecular flexibility index (Phi) is 8.20. The quantitative estimate of drug-likeness (QED) is 0.692. The van der Waals surface area contributed by atoms with Crippen LogP contribution in [0.25, 0.3) is 0 Å². The third-order valence-corrected chi connectivity index (χ3v) is 3.25. The van der Waals surface area contributed by atoms with Crippen LogP contribution in [0.3, 0.4) is 0 Å². The Hall–Kier alpha value is -0.610. The van der Waals surface area contributed by atoms with E-state index in [0.717, 1.165) is 19.4 Å². The Balaban J connectivity index is 4.42. The number of amides is 1. The highest BCUT2D eigenvalue weighted by Crippen LogP contribution is 2.09. The zero-order valence-electron chi connectivity index (χ0n) is 12.9. The molecule has 18 heavy (non-hydrogen) atoms. The smallest absolute Gasteiger partial charge is 0.237 e. The van der Waals surface area contributed by atoms with Gasteiger partial charge in [-0.3, -0.25) is 4.79 Å². The minimum Gasteiger partial charge on any atom is -0.351 e. The molecule has 1 amide bonds. The highest BCUT2D eigenvalue weighted by Gasteiger charge is 2.22. The lowest BCUT2D eigenvalue weighted by atomic mass is 9.98. The molecular formula is C14H31N3O. The molecule has 0 heterocycles. The lowest BCUT2D eigenvalue weighted by molar-refractivity contribution is -0.124. The summed E-state index contributed by atoms with van der Waals surface area (Å²) in [5, 5.41) is 3.09. The number of carbonyl (C=O) groups is 1. The van der Waals surface area contributed by atoms with Crippen molar-refractivity contribution in [2.45, 2.75) is 52.6 Å². The number of rotatable bonds is 8. The van der Waals surface area contributed by atoms with Gasteiger partial charge in [0, 0.05) is 12.6 Å². The van der Waals surface area contributed by atoms with Gasteiger partial charge in [0.05, 0.1) is 6.04 Å². The van der Waals surface area contributed by atoms with Crippen LogP contribution in [-0.2, 0) is 4.79 Å². The van der Waals surface area contributed by atoms with Crippen molar-refractivity contribution in [3.8, 4) is 0 Å². The van der Waals surface area contributed by atoms with Crippen LogP contribution in [0.5, 0.6) is 0 Å². The van der Waals surface area contributed by atoms with E-state index in [1.54, 1.807) is 0 Å². The fourth-order valence-electron chi connectivity index (χ4n) is 2.00. The number of likely N-dealkylation sites (N-methyl/N-ethyl adjacent to an activating group) is 1. The van der Waals surface area contributed by atoms with Crippen LogP contribution in [0.4, 0.5) is 0 Å². The highest BCUT2D eigenvalue weighted by molar-refractivity contribution is 5.82. The molecular weight excluding hydrogens is 226 g/mol. The van der Waals surface area contributed by atoms with Crippen molar-refractivity contribution in [3.05, 3.63) is 0 Å². The molecule has 3 atom stereocenters. The summed E-state index contributed by atoms with van der Waals surface area (Å²) in [6.07, 6.45) is 1.91. The molecule has 4 heteroatoms. The van der Waals surface area contributed by atoms with Crippen molar-refractivity contribution >= 4 is 5.91 Å². The number of carbonyl (C=O) groups excluding carboxylic acids is 1. The van der Waals surface area contributed by atoms with Gasteiger partial charge >= 0.3 is 0 Å². The molecule has 0 aromatic rings. The van der Waals surface area contributed by atoms with E-state index in [-0.39, 0.29) is 17.9 Å². The molecule has 0 aliphatic rings. The van der Waals surface area contributed by atoms with Crippen molar-refractivity contribution in [1.82, 2.24) is 10.2 Å². The van der Waals surface area contributed by atoms with Crippen LogP contribution < -0.4 is 11.1 Å². The first-order valence-electron chi connectivity index (χ1n) is 6.98. The van der Waals surface area contributed by atoms with Gasteiger partial charge in [0.15, 0.2) is 0 Å². The average Bonchev–Trinajstić information content (AvgIpc) is 2.24. The maximum absolute atomic E-state index is 12.1. The maximum Gasteiger partial charge on any atom is 0.237 e. The SMILES string of the molecule is CC[C@H](C)[C@H](N)C(=O)NC(CC(C)C)CN(C)C. The molecule has 4 nitrogen and oxygen atoms in total. The van der Waals surface area contributed by atoms with Crippen LogP contribution in [0.15, 0.2) is 0 Å². The first kappa shape index (κ1) is 17.4. The van der Waals surface area contributed by atoms with E-state index in [4.69, 9.17) is 5.73 Å². The maximum atomic E-state index is 12.1. The summed E-state index contributed by atoms with van der Waals surface area (Å²) >= 11 is 0. The normalized spacial score (nSPS) is 16.7. The Morgan fingerprint density at radius 2 is 1.83 bits per heavy atom. The molecule has 0 aromatic heterocycles. The van der Waals surface area contributed by atoms with Crippen LogP contribution in [0.2, 0.25) is 0 Å². The summed E-state index contributed by atoms with van der Waals surface area (Å²) in [7, 11) is 4.04. The van der Waals surface area contributed by atoms with E-state index < -0.39 is 6.04 Å². The van der Waals surface area contributed by atoms with Gasteiger partial charge in [-0.25, -0.2) is 0 Å². The molecule has 0 radical (unpaired) electrons. The summed E-state index contributed by atoms with van der Waals surface area (Å²) in [5.41, 5.74) is 5.96. The molecule has 0 rings (SSSR count). The van der Waals surface area contributed by atoms with Crippen molar-refractivity contribution in [2.24, 2.45) is 17.6 Å². The molecule has 0 bridgehead atoms. The Morgan fingerprint density at radius 1 is 1.28 bits per heavy atom. The van der Waals surface area contributed by atoms with Gasteiger partial charge in [-0.05, 0) is 32.4 Å². The summed E-state index contributed by atoms with van der Waals surface area (Å²) in [6.45, 7) is 9.28.